The van der Waals surface area contributed by atoms with E-state index in [0.29, 0.717) is 0 Å². The van der Waals surface area contributed by atoms with E-state index in [9.17, 15) is 0 Å². The molecule has 0 atom stereocenters. The van der Waals surface area contributed by atoms with E-state index in [1.807, 2.05) is 10.7 Å². The molecule has 0 aromatic carbocycles. The van der Waals surface area contributed by atoms with Crippen LogP contribution >= 0.6 is 0 Å². The number of nitrogens with zero attached hydrogens (tertiary/aromatic N) is 2. The van der Waals surface area contributed by atoms with E-state index in [1.54, 1.807) is 6.20 Å². The van der Waals surface area contributed by atoms with Gasteiger partial charge >= 0.3 is 0 Å². The summed E-state index contributed by atoms with van der Waals surface area (Å²) < 4.78 is 1.91. The van der Waals surface area contributed by atoms with E-state index in [-0.39, 0.29) is 12.0 Å². The fourth-order valence-corrected chi connectivity index (χ4v) is 1.37. The van der Waals surface area contributed by atoms with Gasteiger partial charge in [0.15, 0.2) is 0 Å². The van der Waals surface area contributed by atoms with Gasteiger partial charge in [0.2, 0.25) is 0 Å². The molecular weight excluding hydrogens is 188 g/mol. The summed E-state index contributed by atoms with van der Waals surface area (Å²) in [4.78, 5) is 0. The smallest absolute Gasteiger partial charge is 0.0641 e. The Morgan fingerprint density at radius 1 is 1.53 bits per heavy atom. The van der Waals surface area contributed by atoms with Crippen molar-refractivity contribution in [1.29, 1.82) is 0 Å². The fraction of sp³-hybridized carbons (Fsp3) is 0.583. The van der Waals surface area contributed by atoms with Crippen molar-refractivity contribution in [2.24, 2.45) is 5.41 Å². The van der Waals surface area contributed by atoms with Crippen LogP contribution in [-0.4, -0.2) is 21.5 Å². The third kappa shape index (κ3) is 2.93. The monoisotopic (exact) mass is 208 g/mol. The van der Waals surface area contributed by atoms with Crippen LogP contribution in [0.3, 0.4) is 0 Å². The first kappa shape index (κ1) is 12.0. The molecule has 3 heteroatoms. The van der Waals surface area contributed by atoms with E-state index < -0.39 is 0 Å². The van der Waals surface area contributed by atoms with Crippen LogP contribution in [0.25, 0.3) is 5.57 Å². The minimum atomic E-state index is 0.0526. The number of aryl methyl sites for hydroxylation is 1. The Kier molecular flexibility index (Phi) is 3.69. The van der Waals surface area contributed by atoms with Gasteiger partial charge in [0.25, 0.3) is 0 Å². The van der Waals surface area contributed by atoms with Crippen LogP contribution in [0.4, 0.5) is 0 Å². The van der Waals surface area contributed by atoms with Gasteiger partial charge in [0.05, 0.1) is 5.69 Å². The van der Waals surface area contributed by atoms with Crippen LogP contribution < -0.4 is 0 Å². The zero-order valence-corrected chi connectivity index (χ0v) is 9.82. The molecule has 0 saturated heterocycles. The SMILES string of the molecule is C=C(c1ccnn1CCCO)C(C)(C)C. The average Bonchev–Trinajstić information content (AvgIpc) is 2.59. The molecule has 1 N–H and O–H groups in total. The molecule has 1 aromatic rings. The lowest BCUT2D eigenvalue weighted by atomic mass is 9.85. The molecule has 0 aliphatic carbocycles. The maximum Gasteiger partial charge on any atom is 0.0641 e. The van der Waals surface area contributed by atoms with Crippen molar-refractivity contribution in [3.05, 3.63) is 24.5 Å². The molecule has 0 fully saturated rings. The molecule has 1 rings (SSSR count). The second-order valence-corrected chi connectivity index (χ2v) is 4.75. The van der Waals surface area contributed by atoms with E-state index in [4.69, 9.17) is 5.11 Å². The van der Waals surface area contributed by atoms with E-state index in [1.165, 1.54) is 0 Å². The minimum Gasteiger partial charge on any atom is -0.396 e. The second-order valence-electron chi connectivity index (χ2n) is 4.75. The molecule has 0 unspecified atom stereocenters. The summed E-state index contributed by atoms with van der Waals surface area (Å²) in [7, 11) is 0. The van der Waals surface area contributed by atoms with Crippen molar-refractivity contribution in [2.45, 2.75) is 33.7 Å². The number of hydrogen-bond acceptors (Lipinski definition) is 2. The zero-order chi connectivity index (χ0) is 11.5. The predicted molar refractivity (Wildman–Crippen MR) is 62.4 cm³/mol. The lowest BCUT2D eigenvalue weighted by Crippen LogP contribution is -2.13. The summed E-state index contributed by atoms with van der Waals surface area (Å²) in [6.45, 7) is 11.5. The van der Waals surface area contributed by atoms with Gasteiger partial charge in [-0.1, -0.05) is 27.4 Å². The Bertz CT molecular complexity index is 334. The first-order valence-electron chi connectivity index (χ1n) is 5.29. The largest absolute Gasteiger partial charge is 0.396 e. The average molecular weight is 208 g/mol. The quantitative estimate of drug-likeness (QED) is 0.824. The van der Waals surface area contributed by atoms with Gasteiger partial charge in [0.1, 0.15) is 0 Å². The lowest BCUT2D eigenvalue weighted by Gasteiger charge is -2.22. The Balaban J connectivity index is 2.85. The molecular formula is C12H20N2O. The number of allylic oxidation sites excluding steroid dienone is 1. The molecule has 0 spiro atoms. The summed E-state index contributed by atoms with van der Waals surface area (Å²) >= 11 is 0. The number of rotatable bonds is 4. The molecule has 0 saturated carbocycles. The number of aromatic nitrogens is 2. The molecule has 3 nitrogen and oxygen atoms in total. The number of aliphatic hydroxyl groups is 1. The summed E-state index contributed by atoms with van der Waals surface area (Å²) in [5, 5.41) is 13.0. The van der Waals surface area contributed by atoms with Crippen LogP contribution in [0.2, 0.25) is 0 Å². The first-order valence-corrected chi connectivity index (χ1v) is 5.29. The maximum atomic E-state index is 8.79. The number of aliphatic hydroxyl groups excluding tert-OH is 1. The van der Waals surface area contributed by atoms with Gasteiger partial charge in [-0.15, -0.1) is 0 Å². The zero-order valence-electron chi connectivity index (χ0n) is 9.82. The standard InChI is InChI=1S/C12H20N2O/c1-10(12(2,3)4)11-6-7-13-14(11)8-5-9-15/h6-7,15H,1,5,8-9H2,2-4H3. The normalized spacial score (nSPS) is 11.7. The third-order valence-electron chi connectivity index (χ3n) is 2.46. The van der Waals surface area contributed by atoms with Crippen LogP contribution in [0.1, 0.15) is 32.9 Å². The summed E-state index contributed by atoms with van der Waals surface area (Å²) in [6.07, 6.45) is 2.51. The Morgan fingerprint density at radius 3 is 2.73 bits per heavy atom. The van der Waals surface area contributed by atoms with Crippen molar-refractivity contribution in [1.82, 2.24) is 9.78 Å². The summed E-state index contributed by atoms with van der Waals surface area (Å²) in [5.41, 5.74) is 2.20. The molecule has 84 valence electrons. The highest BCUT2D eigenvalue weighted by atomic mass is 16.3. The second kappa shape index (κ2) is 4.62. The Labute approximate surface area is 91.4 Å². The molecule has 0 aliphatic rings. The molecule has 0 amide bonds. The van der Waals surface area contributed by atoms with Gasteiger partial charge in [-0.3, -0.25) is 4.68 Å². The highest BCUT2D eigenvalue weighted by Crippen LogP contribution is 2.31. The van der Waals surface area contributed by atoms with E-state index in [0.717, 1.165) is 24.2 Å². The van der Waals surface area contributed by atoms with Crippen LogP contribution in [0, 0.1) is 5.41 Å². The van der Waals surface area contributed by atoms with Crippen molar-refractivity contribution in [2.75, 3.05) is 6.61 Å². The van der Waals surface area contributed by atoms with Crippen LogP contribution in [0.5, 0.6) is 0 Å². The third-order valence-corrected chi connectivity index (χ3v) is 2.46. The van der Waals surface area contributed by atoms with Crippen molar-refractivity contribution in [3.63, 3.8) is 0 Å². The van der Waals surface area contributed by atoms with Gasteiger partial charge in [-0.2, -0.15) is 5.10 Å². The van der Waals surface area contributed by atoms with Gasteiger partial charge in [-0.25, -0.2) is 0 Å². The van der Waals surface area contributed by atoms with Crippen LogP contribution in [-0.2, 0) is 6.54 Å². The maximum absolute atomic E-state index is 8.79. The van der Waals surface area contributed by atoms with Gasteiger partial charge in [-0.05, 0) is 23.5 Å². The summed E-state index contributed by atoms with van der Waals surface area (Å²) in [5.74, 6) is 0. The first-order chi connectivity index (χ1) is 6.96. The molecule has 0 bridgehead atoms. The Hall–Kier alpha value is -1.09. The van der Waals surface area contributed by atoms with Crippen molar-refractivity contribution >= 4 is 5.57 Å². The lowest BCUT2D eigenvalue weighted by molar-refractivity contribution is 0.276. The van der Waals surface area contributed by atoms with Gasteiger partial charge in [0, 0.05) is 19.3 Å². The predicted octanol–water partition coefficient (Wildman–Crippen LogP) is 2.32. The Morgan fingerprint density at radius 2 is 2.20 bits per heavy atom. The van der Waals surface area contributed by atoms with Crippen molar-refractivity contribution < 1.29 is 5.11 Å². The van der Waals surface area contributed by atoms with Crippen LogP contribution in [0.15, 0.2) is 18.8 Å². The van der Waals surface area contributed by atoms with Crippen molar-refractivity contribution in [3.8, 4) is 0 Å². The molecule has 0 radical (unpaired) electrons. The fourth-order valence-electron chi connectivity index (χ4n) is 1.37. The highest BCUT2D eigenvalue weighted by molar-refractivity contribution is 5.64. The minimum absolute atomic E-state index is 0.0526. The molecule has 1 heterocycles. The molecule has 15 heavy (non-hydrogen) atoms. The molecule has 0 aliphatic heterocycles. The van der Waals surface area contributed by atoms with E-state index >= 15 is 0 Å². The highest BCUT2D eigenvalue weighted by Gasteiger charge is 2.19. The van der Waals surface area contributed by atoms with Gasteiger partial charge < -0.3 is 5.11 Å². The topological polar surface area (TPSA) is 38.0 Å². The number of hydrogen-bond donors (Lipinski definition) is 1. The van der Waals surface area contributed by atoms with E-state index in [2.05, 4.69) is 32.4 Å². The summed E-state index contributed by atoms with van der Waals surface area (Å²) in [6, 6.07) is 1.98. The molecule has 1 aromatic heterocycles.